The average molecular weight is 402 g/mol. The predicted octanol–water partition coefficient (Wildman–Crippen LogP) is 2.07. The minimum atomic E-state index is -0.676. The predicted molar refractivity (Wildman–Crippen MR) is 103 cm³/mol. The topological polar surface area (TPSA) is 70.8 Å². The van der Waals surface area contributed by atoms with E-state index in [1.165, 1.54) is 17.0 Å². The Labute approximate surface area is 160 Å². The molecule has 1 atom stereocenters. The Morgan fingerprint density at radius 3 is 2.77 bits per heavy atom. The first-order valence-electron chi connectivity index (χ1n) is 8.29. The summed E-state index contributed by atoms with van der Waals surface area (Å²) in [5, 5.41) is 2.80. The van der Waals surface area contributed by atoms with E-state index in [2.05, 4.69) is 5.32 Å². The zero-order valence-electron chi connectivity index (χ0n) is 14.0. The number of thiocarbonyl (C=S) groups is 1. The molecule has 2 saturated heterocycles. The van der Waals surface area contributed by atoms with Gasteiger partial charge in [0.05, 0.1) is 18.8 Å². The fraction of sp³-hybridized carbons (Fsp3) is 0.500. The van der Waals surface area contributed by atoms with E-state index in [0.717, 1.165) is 17.9 Å². The van der Waals surface area contributed by atoms with Gasteiger partial charge in [-0.25, -0.2) is 13.6 Å². The molecule has 6 nitrogen and oxygen atoms in total. The summed E-state index contributed by atoms with van der Waals surface area (Å²) in [6.45, 7) is 1.61. The number of hydrogen-bond acceptors (Lipinski definition) is 5. The average Bonchev–Trinajstić information content (AvgIpc) is 2.77. The zero-order chi connectivity index (χ0) is 18.7. The number of nitrogens with one attached hydrogen (secondary N) is 1. The Hall–Kier alpha value is -1.81. The Bertz CT molecular complexity index is 676. The number of cyclic esters (lactones) is 1. The van der Waals surface area contributed by atoms with Crippen LogP contribution in [0, 0.1) is 11.6 Å². The largest absolute Gasteiger partial charge is 0.442 e. The van der Waals surface area contributed by atoms with Crippen LogP contribution in [0.3, 0.4) is 0 Å². The SMILES string of the molecule is NC(=S)NCC1CN(c2cc(F)c(N3CCCSCC3)c(F)c2)C(=O)O1. The second kappa shape index (κ2) is 8.26. The number of halogens is 2. The lowest BCUT2D eigenvalue weighted by molar-refractivity contribution is 0.143. The summed E-state index contributed by atoms with van der Waals surface area (Å²) in [5.74, 6) is 0.462. The number of hydrogen-bond donors (Lipinski definition) is 2. The fourth-order valence-electron chi connectivity index (χ4n) is 3.03. The summed E-state index contributed by atoms with van der Waals surface area (Å²) < 4.78 is 34.5. The maximum atomic E-state index is 14.6. The van der Waals surface area contributed by atoms with Crippen molar-refractivity contribution in [2.24, 2.45) is 5.73 Å². The molecule has 0 saturated carbocycles. The molecule has 1 unspecified atom stereocenters. The molecular formula is C16H20F2N4O2S2. The van der Waals surface area contributed by atoms with E-state index in [4.69, 9.17) is 22.7 Å². The van der Waals surface area contributed by atoms with Crippen molar-refractivity contribution in [3.8, 4) is 0 Å². The number of anilines is 2. The number of ether oxygens (including phenoxy) is 1. The van der Waals surface area contributed by atoms with E-state index in [-0.39, 0.29) is 29.6 Å². The van der Waals surface area contributed by atoms with Crippen LogP contribution in [-0.2, 0) is 4.74 Å². The maximum Gasteiger partial charge on any atom is 0.414 e. The quantitative estimate of drug-likeness (QED) is 0.747. The van der Waals surface area contributed by atoms with Crippen LogP contribution < -0.4 is 20.9 Å². The van der Waals surface area contributed by atoms with Gasteiger partial charge in [-0.3, -0.25) is 4.90 Å². The summed E-state index contributed by atoms with van der Waals surface area (Å²) in [7, 11) is 0. The van der Waals surface area contributed by atoms with Gasteiger partial charge in [0.25, 0.3) is 0 Å². The van der Waals surface area contributed by atoms with E-state index in [0.29, 0.717) is 13.1 Å². The third-order valence-electron chi connectivity index (χ3n) is 4.23. The molecule has 10 heteroatoms. The Kier molecular flexibility index (Phi) is 6.02. The van der Waals surface area contributed by atoms with Crippen molar-refractivity contribution in [2.75, 3.05) is 47.5 Å². The smallest absolute Gasteiger partial charge is 0.414 e. The number of nitrogens with two attached hydrogens (primary N) is 1. The molecule has 3 N–H and O–H groups in total. The van der Waals surface area contributed by atoms with E-state index >= 15 is 0 Å². The molecule has 1 amide bonds. The van der Waals surface area contributed by atoms with Crippen LogP contribution in [0.4, 0.5) is 25.0 Å². The lowest BCUT2D eigenvalue weighted by Gasteiger charge is -2.24. The van der Waals surface area contributed by atoms with Crippen molar-refractivity contribution < 1.29 is 18.3 Å². The molecule has 0 spiro atoms. The maximum absolute atomic E-state index is 14.6. The molecule has 2 aliphatic heterocycles. The Balaban J connectivity index is 1.77. The van der Waals surface area contributed by atoms with Crippen molar-refractivity contribution in [1.29, 1.82) is 0 Å². The molecular weight excluding hydrogens is 382 g/mol. The number of carbonyl (C=O) groups is 1. The Morgan fingerprint density at radius 1 is 1.35 bits per heavy atom. The van der Waals surface area contributed by atoms with Crippen LogP contribution in [0.1, 0.15) is 6.42 Å². The number of nitrogens with zero attached hydrogens (tertiary/aromatic N) is 2. The molecule has 2 fully saturated rings. The first-order chi connectivity index (χ1) is 12.5. The van der Waals surface area contributed by atoms with E-state index in [1.807, 2.05) is 0 Å². The van der Waals surface area contributed by atoms with Crippen LogP contribution in [0.2, 0.25) is 0 Å². The monoisotopic (exact) mass is 402 g/mol. The molecule has 0 aliphatic carbocycles. The molecule has 0 bridgehead atoms. The molecule has 1 aromatic rings. The summed E-state index contributed by atoms with van der Waals surface area (Å²) >= 11 is 6.49. The number of carbonyl (C=O) groups excluding carboxylic acids is 1. The van der Waals surface area contributed by atoms with Crippen LogP contribution >= 0.6 is 24.0 Å². The van der Waals surface area contributed by atoms with Crippen LogP contribution in [0.15, 0.2) is 12.1 Å². The molecule has 142 valence electrons. The standard InChI is InChI=1S/C16H20F2N4O2S2/c17-12-6-10(22-9-11(24-16(22)23)8-20-15(19)25)7-13(18)14(12)21-2-1-4-26-5-3-21/h6-7,11H,1-5,8-9H2,(H3,19,20,25). The van der Waals surface area contributed by atoms with Gasteiger partial charge in [0.2, 0.25) is 0 Å². The number of benzene rings is 1. The van der Waals surface area contributed by atoms with Crippen molar-refractivity contribution in [3.05, 3.63) is 23.8 Å². The van der Waals surface area contributed by atoms with E-state index < -0.39 is 23.8 Å². The van der Waals surface area contributed by atoms with E-state index in [9.17, 15) is 13.6 Å². The second-order valence-electron chi connectivity index (χ2n) is 6.07. The van der Waals surface area contributed by atoms with Gasteiger partial charge in [0.1, 0.15) is 11.8 Å². The molecule has 2 aliphatic rings. The van der Waals surface area contributed by atoms with Gasteiger partial charge in [0, 0.05) is 31.0 Å². The van der Waals surface area contributed by atoms with Gasteiger partial charge >= 0.3 is 6.09 Å². The number of thioether (sulfide) groups is 1. The molecule has 3 rings (SSSR count). The van der Waals surface area contributed by atoms with Gasteiger partial charge in [0.15, 0.2) is 16.7 Å². The molecule has 0 aromatic heterocycles. The first kappa shape index (κ1) is 19.0. The number of amides is 1. The summed E-state index contributed by atoms with van der Waals surface area (Å²) in [5.41, 5.74) is 5.45. The molecule has 0 radical (unpaired) electrons. The normalized spacial score (nSPS) is 20.7. The minimum Gasteiger partial charge on any atom is -0.442 e. The van der Waals surface area contributed by atoms with Crippen molar-refractivity contribution >= 4 is 46.6 Å². The lowest BCUT2D eigenvalue weighted by atomic mass is 10.2. The minimum absolute atomic E-state index is 0.0319. The van der Waals surface area contributed by atoms with Crippen molar-refractivity contribution in [1.82, 2.24) is 5.32 Å². The summed E-state index contributed by atoms with van der Waals surface area (Å²) in [6, 6.07) is 2.36. The van der Waals surface area contributed by atoms with Gasteiger partial charge < -0.3 is 20.7 Å². The van der Waals surface area contributed by atoms with Crippen molar-refractivity contribution in [3.63, 3.8) is 0 Å². The summed E-state index contributed by atoms with van der Waals surface area (Å²) in [6.07, 6.45) is -0.281. The second-order valence-corrected chi connectivity index (χ2v) is 7.74. The summed E-state index contributed by atoms with van der Waals surface area (Å²) in [4.78, 5) is 15.0. The highest BCUT2D eigenvalue weighted by atomic mass is 32.2. The fourth-order valence-corrected chi connectivity index (χ4v) is 4.00. The highest BCUT2D eigenvalue weighted by molar-refractivity contribution is 7.99. The molecule has 26 heavy (non-hydrogen) atoms. The van der Waals surface area contributed by atoms with Crippen LogP contribution in [0.25, 0.3) is 0 Å². The number of rotatable bonds is 4. The van der Waals surface area contributed by atoms with Gasteiger partial charge in [-0.05, 0) is 24.4 Å². The van der Waals surface area contributed by atoms with Gasteiger partial charge in [-0.2, -0.15) is 11.8 Å². The van der Waals surface area contributed by atoms with Gasteiger partial charge in [-0.15, -0.1) is 0 Å². The Morgan fingerprint density at radius 2 is 2.08 bits per heavy atom. The highest BCUT2D eigenvalue weighted by Gasteiger charge is 2.33. The first-order valence-corrected chi connectivity index (χ1v) is 9.85. The third-order valence-corrected chi connectivity index (χ3v) is 5.42. The van der Waals surface area contributed by atoms with Crippen molar-refractivity contribution in [2.45, 2.75) is 12.5 Å². The van der Waals surface area contributed by atoms with Crippen LogP contribution in [0.5, 0.6) is 0 Å². The van der Waals surface area contributed by atoms with Gasteiger partial charge in [-0.1, -0.05) is 0 Å². The van der Waals surface area contributed by atoms with Crippen LogP contribution in [-0.4, -0.2) is 55.0 Å². The van der Waals surface area contributed by atoms with E-state index in [1.54, 1.807) is 16.7 Å². The molecule has 1 aromatic carbocycles. The third kappa shape index (κ3) is 4.29. The molecule has 2 heterocycles. The lowest BCUT2D eigenvalue weighted by Crippen LogP contribution is -2.37. The zero-order valence-corrected chi connectivity index (χ0v) is 15.7. The highest BCUT2D eigenvalue weighted by Crippen LogP contribution is 2.32.